The molecule has 2 rings (SSSR count). The second-order valence-electron chi connectivity index (χ2n) is 7.38. The summed E-state index contributed by atoms with van der Waals surface area (Å²) in [5.74, 6) is 0. The Morgan fingerprint density at radius 3 is 2.15 bits per heavy atom. The second kappa shape index (κ2) is 4.53. The molecular formula is C14H22F3NO2. The molecule has 6 heteroatoms. The van der Waals surface area contributed by atoms with E-state index in [-0.39, 0.29) is 0 Å². The minimum Gasteiger partial charge on any atom is -0.444 e. The van der Waals surface area contributed by atoms with Gasteiger partial charge >= 0.3 is 12.3 Å². The number of halogens is 3. The summed E-state index contributed by atoms with van der Waals surface area (Å²) in [6, 6.07) is 0. The van der Waals surface area contributed by atoms with Crippen LogP contribution in [0.2, 0.25) is 0 Å². The van der Waals surface area contributed by atoms with Gasteiger partial charge in [0, 0.05) is 12.0 Å². The highest BCUT2D eigenvalue weighted by Crippen LogP contribution is 2.60. The lowest BCUT2D eigenvalue weighted by molar-refractivity contribution is -0.157. The zero-order valence-corrected chi connectivity index (χ0v) is 12.2. The molecule has 0 saturated heterocycles. The van der Waals surface area contributed by atoms with Crippen molar-refractivity contribution < 1.29 is 22.7 Å². The first kappa shape index (κ1) is 15.4. The SMILES string of the molecule is CC(C)(C)OC(=O)NC12CCC(CC(F)(F)F)(CC1)C2. The van der Waals surface area contributed by atoms with E-state index in [1.807, 2.05) is 0 Å². The molecule has 20 heavy (non-hydrogen) atoms. The van der Waals surface area contributed by atoms with E-state index in [0.717, 1.165) is 0 Å². The van der Waals surface area contributed by atoms with Crippen LogP contribution in [0.1, 0.15) is 59.3 Å². The summed E-state index contributed by atoms with van der Waals surface area (Å²) < 4.78 is 43.2. The second-order valence-corrected chi connectivity index (χ2v) is 7.38. The van der Waals surface area contributed by atoms with E-state index in [9.17, 15) is 18.0 Å². The molecule has 0 aromatic heterocycles. The summed E-state index contributed by atoms with van der Waals surface area (Å²) in [7, 11) is 0. The number of hydrogen-bond donors (Lipinski definition) is 1. The van der Waals surface area contributed by atoms with Gasteiger partial charge in [-0.05, 0) is 58.3 Å². The zero-order chi connectivity index (χ0) is 15.2. The van der Waals surface area contributed by atoms with Gasteiger partial charge in [-0.15, -0.1) is 0 Å². The average molecular weight is 293 g/mol. The summed E-state index contributed by atoms with van der Waals surface area (Å²) in [4.78, 5) is 11.8. The summed E-state index contributed by atoms with van der Waals surface area (Å²) >= 11 is 0. The van der Waals surface area contributed by atoms with E-state index < -0.39 is 35.2 Å². The molecule has 3 nitrogen and oxygen atoms in total. The van der Waals surface area contributed by atoms with Gasteiger partial charge in [0.25, 0.3) is 0 Å². The van der Waals surface area contributed by atoms with Gasteiger partial charge in [0.05, 0.1) is 0 Å². The Morgan fingerprint density at radius 2 is 1.70 bits per heavy atom. The van der Waals surface area contributed by atoms with E-state index in [1.165, 1.54) is 0 Å². The summed E-state index contributed by atoms with van der Waals surface area (Å²) in [5, 5.41) is 2.82. The Labute approximate surface area is 117 Å². The topological polar surface area (TPSA) is 38.3 Å². The van der Waals surface area contributed by atoms with Crippen LogP contribution in [0.3, 0.4) is 0 Å². The fourth-order valence-corrected chi connectivity index (χ4v) is 3.68. The van der Waals surface area contributed by atoms with Crippen molar-refractivity contribution in [2.75, 3.05) is 0 Å². The van der Waals surface area contributed by atoms with E-state index >= 15 is 0 Å². The molecule has 0 aromatic carbocycles. The van der Waals surface area contributed by atoms with Crippen LogP contribution in [-0.4, -0.2) is 23.4 Å². The lowest BCUT2D eigenvalue weighted by atomic mass is 9.81. The molecule has 0 spiro atoms. The first-order valence-corrected chi connectivity index (χ1v) is 7.01. The molecule has 2 saturated carbocycles. The predicted molar refractivity (Wildman–Crippen MR) is 68.3 cm³/mol. The maximum Gasteiger partial charge on any atom is 0.408 e. The van der Waals surface area contributed by atoms with Crippen LogP contribution in [0.15, 0.2) is 0 Å². The molecule has 2 aliphatic carbocycles. The third-order valence-electron chi connectivity index (χ3n) is 4.32. The van der Waals surface area contributed by atoms with Crippen molar-refractivity contribution in [3.8, 4) is 0 Å². The number of amides is 1. The van der Waals surface area contributed by atoms with Gasteiger partial charge in [0.15, 0.2) is 0 Å². The highest BCUT2D eigenvalue weighted by Gasteiger charge is 2.58. The highest BCUT2D eigenvalue weighted by atomic mass is 19.4. The highest BCUT2D eigenvalue weighted by molar-refractivity contribution is 5.69. The van der Waals surface area contributed by atoms with E-state index in [4.69, 9.17) is 4.74 Å². The fourth-order valence-electron chi connectivity index (χ4n) is 3.68. The molecule has 0 unspecified atom stereocenters. The monoisotopic (exact) mass is 293 g/mol. The van der Waals surface area contributed by atoms with E-state index in [0.29, 0.717) is 32.1 Å². The van der Waals surface area contributed by atoms with Crippen LogP contribution in [0.4, 0.5) is 18.0 Å². The smallest absolute Gasteiger partial charge is 0.408 e. The quantitative estimate of drug-likeness (QED) is 0.830. The number of rotatable bonds is 2. The molecule has 0 aliphatic heterocycles. The van der Waals surface area contributed by atoms with Crippen molar-refractivity contribution in [2.24, 2.45) is 5.41 Å². The maximum atomic E-state index is 12.7. The van der Waals surface area contributed by atoms with Gasteiger partial charge in [-0.25, -0.2) is 4.79 Å². The number of carbonyl (C=O) groups excluding carboxylic acids is 1. The third-order valence-corrected chi connectivity index (χ3v) is 4.32. The van der Waals surface area contributed by atoms with Gasteiger partial charge in [0.1, 0.15) is 5.60 Å². The number of alkyl halides is 3. The Kier molecular flexibility index (Phi) is 3.50. The van der Waals surface area contributed by atoms with Crippen molar-refractivity contribution in [3.05, 3.63) is 0 Å². The van der Waals surface area contributed by atoms with Crippen molar-refractivity contribution >= 4 is 6.09 Å². The molecule has 1 N–H and O–H groups in total. The molecule has 0 radical (unpaired) electrons. The lowest BCUT2D eigenvalue weighted by Gasteiger charge is -2.30. The van der Waals surface area contributed by atoms with Gasteiger partial charge in [-0.3, -0.25) is 0 Å². The van der Waals surface area contributed by atoms with Crippen molar-refractivity contribution in [3.63, 3.8) is 0 Å². The Balaban J connectivity index is 1.97. The molecule has 2 fully saturated rings. The van der Waals surface area contributed by atoms with Crippen LogP contribution in [0.5, 0.6) is 0 Å². The van der Waals surface area contributed by atoms with Gasteiger partial charge in [-0.2, -0.15) is 13.2 Å². The van der Waals surface area contributed by atoms with Crippen LogP contribution in [-0.2, 0) is 4.74 Å². The number of ether oxygens (including phenoxy) is 1. The standard InChI is InChI=1S/C14H22F3NO2/c1-11(2,3)20-10(19)18-13-6-4-12(8-13,5-7-13)9-14(15,16)17/h4-9H2,1-3H3,(H,18,19). The van der Waals surface area contributed by atoms with E-state index in [1.54, 1.807) is 20.8 Å². The largest absolute Gasteiger partial charge is 0.444 e. The van der Waals surface area contributed by atoms with Crippen molar-refractivity contribution in [1.29, 1.82) is 0 Å². The van der Waals surface area contributed by atoms with Gasteiger partial charge in [-0.1, -0.05) is 0 Å². The van der Waals surface area contributed by atoms with Crippen LogP contribution < -0.4 is 5.32 Å². The number of carbonyl (C=O) groups is 1. The minimum absolute atomic E-state index is 0.415. The van der Waals surface area contributed by atoms with Crippen molar-refractivity contribution in [1.82, 2.24) is 5.32 Å². The molecule has 0 atom stereocenters. The zero-order valence-electron chi connectivity index (χ0n) is 12.2. The lowest BCUT2D eigenvalue weighted by Crippen LogP contribution is -2.47. The molecule has 0 heterocycles. The maximum absolute atomic E-state index is 12.7. The van der Waals surface area contributed by atoms with Crippen LogP contribution in [0, 0.1) is 5.41 Å². The van der Waals surface area contributed by atoms with Crippen LogP contribution in [0.25, 0.3) is 0 Å². The average Bonchev–Trinajstić information content (AvgIpc) is 2.65. The Morgan fingerprint density at radius 1 is 1.15 bits per heavy atom. The molecule has 0 aromatic rings. The Hall–Kier alpha value is -0.940. The Bertz CT molecular complexity index is 390. The molecular weight excluding hydrogens is 271 g/mol. The fraction of sp³-hybridized carbons (Fsp3) is 0.929. The minimum atomic E-state index is -4.13. The first-order valence-electron chi connectivity index (χ1n) is 7.01. The predicted octanol–water partition coefficient (Wildman–Crippen LogP) is 4.17. The molecule has 2 bridgehead atoms. The molecule has 1 amide bonds. The normalized spacial score (nSPS) is 33.3. The van der Waals surface area contributed by atoms with E-state index in [2.05, 4.69) is 5.32 Å². The first-order chi connectivity index (χ1) is 8.93. The van der Waals surface area contributed by atoms with Gasteiger partial charge in [0.2, 0.25) is 0 Å². The molecule has 2 aliphatic rings. The third kappa shape index (κ3) is 3.58. The molecule has 116 valence electrons. The summed E-state index contributed by atoms with van der Waals surface area (Å²) in [5.41, 5.74) is -1.76. The van der Waals surface area contributed by atoms with Crippen LogP contribution >= 0.6 is 0 Å². The number of nitrogens with one attached hydrogen (secondary N) is 1. The summed E-state index contributed by atoms with van der Waals surface area (Å²) in [6.07, 6.45) is -2.69. The number of alkyl carbamates (subject to hydrolysis) is 1. The van der Waals surface area contributed by atoms with Gasteiger partial charge < -0.3 is 10.1 Å². The number of hydrogen-bond acceptors (Lipinski definition) is 2. The summed E-state index contributed by atoms with van der Waals surface area (Å²) in [6.45, 7) is 5.30. The number of fused-ring (bicyclic) bond motifs is 2. The van der Waals surface area contributed by atoms with Crippen molar-refractivity contribution in [2.45, 2.75) is 76.6 Å².